The van der Waals surface area contributed by atoms with Gasteiger partial charge in [-0.15, -0.1) is 0 Å². The average Bonchev–Trinajstić information content (AvgIpc) is 2.64. The van der Waals surface area contributed by atoms with E-state index in [0.29, 0.717) is 23.4 Å². The molecule has 0 atom stereocenters. The second kappa shape index (κ2) is 9.83. The lowest BCUT2D eigenvalue weighted by atomic mass is 10.1. The Morgan fingerprint density at radius 1 is 1.32 bits per heavy atom. The molecule has 0 saturated carbocycles. The first-order chi connectivity index (χ1) is 13.3. The fourth-order valence-corrected chi connectivity index (χ4v) is 4.48. The predicted molar refractivity (Wildman–Crippen MR) is 123 cm³/mol. The predicted octanol–water partition coefficient (Wildman–Crippen LogP) is 5.06. The molecule has 1 amide bonds. The summed E-state index contributed by atoms with van der Waals surface area (Å²) in [6.07, 6.45) is 1.50. The van der Waals surface area contributed by atoms with E-state index in [9.17, 15) is 20.2 Å². The minimum atomic E-state index is -0.585. The van der Waals surface area contributed by atoms with Gasteiger partial charge in [0.2, 0.25) is 0 Å². The number of nitrogens with one attached hydrogen (secondary N) is 1. The standard InChI is InChI=1S/C19H15I2N3O4/c1-3-28-18-15(20)8-12(9-16(18)21)7-13(10-22)19(25)23-17-5-4-14(24(26)27)6-11(17)2/h4-9H,3H2,1-2H3,(H,23,25)/b13-7+. The van der Waals surface area contributed by atoms with E-state index < -0.39 is 10.8 Å². The number of carbonyl (C=O) groups excluding carboxylic acids is 1. The van der Waals surface area contributed by atoms with Crippen molar-refractivity contribution in [3.63, 3.8) is 0 Å². The first kappa shape index (κ1) is 22.1. The van der Waals surface area contributed by atoms with Crippen LogP contribution in [0.4, 0.5) is 11.4 Å². The number of carbonyl (C=O) groups is 1. The van der Waals surface area contributed by atoms with Gasteiger partial charge in [-0.3, -0.25) is 14.9 Å². The Kier molecular flexibility index (Phi) is 7.76. The molecule has 0 saturated heterocycles. The molecular weight excluding hydrogens is 588 g/mol. The molecule has 0 bridgehead atoms. The average molecular weight is 603 g/mol. The number of nitrogens with zero attached hydrogens (tertiary/aromatic N) is 2. The molecule has 0 unspecified atom stereocenters. The van der Waals surface area contributed by atoms with Gasteiger partial charge in [-0.05, 0) is 94.4 Å². The number of hydrogen-bond acceptors (Lipinski definition) is 5. The largest absolute Gasteiger partial charge is 0.492 e. The Labute approximate surface area is 189 Å². The minimum absolute atomic E-state index is 0.0647. The topological polar surface area (TPSA) is 105 Å². The number of non-ortho nitro benzene ring substituents is 1. The summed E-state index contributed by atoms with van der Waals surface area (Å²) in [7, 11) is 0. The zero-order valence-electron chi connectivity index (χ0n) is 15.0. The van der Waals surface area contributed by atoms with Crippen LogP contribution in [0.2, 0.25) is 0 Å². The fraction of sp³-hybridized carbons (Fsp3) is 0.158. The lowest BCUT2D eigenvalue weighted by Crippen LogP contribution is -2.14. The molecule has 28 heavy (non-hydrogen) atoms. The second-order valence-corrected chi connectivity index (χ2v) is 7.95. The number of nitro benzene ring substituents is 1. The summed E-state index contributed by atoms with van der Waals surface area (Å²) in [4.78, 5) is 22.8. The third-order valence-electron chi connectivity index (χ3n) is 3.65. The van der Waals surface area contributed by atoms with Crippen molar-refractivity contribution in [3.8, 4) is 11.8 Å². The van der Waals surface area contributed by atoms with Crippen molar-refractivity contribution in [2.45, 2.75) is 13.8 Å². The second-order valence-electron chi connectivity index (χ2n) is 5.63. The first-order valence-corrected chi connectivity index (χ1v) is 10.2. The number of ether oxygens (including phenoxy) is 1. The number of amides is 1. The Morgan fingerprint density at radius 2 is 1.96 bits per heavy atom. The van der Waals surface area contributed by atoms with Gasteiger partial charge >= 0.3 is 0 Å². The number of anilines is 1. The van der Waals surface area contributed by atoms with E-state index in [1.54, 1.807) is 6.92 Å². The maximum absolute atomic E-state index is 12.5. The van der Waals surface area contributed by atoms with Crippen molar-refractivity contribution in [1.82, 2.24) is 0 Å². The van der Waals surface area contributed by atoms with E-state index >= 15 is 0 Å². The molecule has 9 heteroatoms. The highest BCUT2D eigenvalue weighted by molar-refractivity contribution is 14.1. The first-order valence-electron chi connectivity index (χ1n) is 8.06. The van der Waals surface area contributed by atoms with Gasteiger partial charge in [0, 0.05) is 17.8 Å². The Morgan fingerprint density at radius 3 is 2.46 bits per heavy atom. The molecule has 1 N–H and O–H groups in total. The van der Waals surface area contributed by atoms with Gasteiger partial charge in [0.25, 0.3) is 11.6 Å². The molecule has 0 heterocycles. The summed E-state index contributed by atoms with van der Waals surface area (Å²) >= 11 is 4.29. The van der Waals surface area contributed by atoms with Crippen LogP contribution in [0.25, 0.3) is 6.08 Å². The van der Waals surface area contributed by atoms with E-state index in [2.05, 4.69) is 50.5 Å². The van der Waals surface area contributed by atoms with Crippen LogP contribution in [0, 0.1) is 35.5 Å². The normalized spacial score (nSPS) is 10.9. The van der Waals surface area contributed by atoms with Crippen molar-refractivity contribution in [2.24, 2.45) is 0 Å². The highest BCUT2D eigenvalue weighted by Gasteiger charge is 2.14. The molecule has 7 nitrogen and oxygen atoms in total. The van der Waals surface area contributed by atoms with Crippen molar-refractivity contribution in [3.05, 3.63) is 64.3 Å². The number of nitriles is 1. The molecule has 0 radical (unpaired) electrons. The summed E-state index contributed by atoms with van der Waals surface area (Å²) in [5.74, 6) is 0.184. The lowest BCUT2D eigenvalue weighted by molar-refractivity contribution is -0.384. The van der Waals surface area contributed by atoms with Crippen molar-refractivity contribution in [2.75, 3.05) is 11.9 Å². The third-order valence-corrected chi connectivity index (χ3v) is 5.26. The molecule has 144 valence electrons. The van der Waals surface area contributed by atoms with Crippen LogP contribution in [0.5, 0.6) is 5.75 Å². The summed E-state index contributed by atoms with van der Waals surface area (Å²) in [6.45, 7) is 4.09. The van der Waals surface area contributed by atoms with Gasteiger partial charge in [0.1, 0.15) is 17.4 Å². The highest BCUT2D eigenvalue weighted by Crippen LogP contribution is 2.30. The van der Waals surface area contributed by atoms with E-state index in [0.717, 1.165) is 12.9 Å². The molecule has 0 aliphatic rings. The zero-order chi connectivity index (χ0) is 20.8. The Hall–Kier alpha value is -2.20. The fourth-order valence-electron chi connectivity index (χ4n) is 2.35. The van der Waals surface area contributed by atoms with Crippen LogP contribution in [0.3, 0.4) is 0 Å². The number of aryl methyl sites for hydroxylation is 1. The van der Waals surface area contributed by atoms with Gasteiger partial charge in [-0.25, -0.2) is 0 Å². The van der Waals surface area contributed by atoms with E-state index in [1.807, 2.05) is 25.1 Å². The number of rotatable bonds is 6. The molecular formula is C19H15I2N3O4. The Balaban J connectivity index is 2.29. The number of halogens is 2. The number of benzene rings is 2. The summed E-state index contributed by atoms with van der Waals surface area (Å²) in [6, 6.07) is 9.67. The molecule has 0 fully saturated rings. The van der Waals surface area contributed by atoms with E-state index in [-0.39, 0.29) is 11.3 Å². The molecule has 0 aliphatic heterocycles. The van der Waals surface area contributed by atoms with Crippen molar-refractivity contribution < 1.29 is 14.5 Å². The van der Waals surface area contributed by atoms with Crippen LogP contribution >= 0.6 is 45.2 Å². The SMILES string of the molecule is CCOc1c(I)cc(/C=C(\C#N)C(=O)Nc2ccc([N+](=O)[O-])cc2C)cc1I. The Bertz CT molecular complexity index is 990. The minimum Gasteiger partial charge on any atom is -0.492 e. The molecule has 2 aromatic carbocycles. The maximum Gasteiger partial charge on any atom is 0.269 e. The monoisotopic (exact) mass is 603 g/mol. The van der Waals surface area contributed by atoms with Gasteiger partial charge in [0.05, 0.1) is 18.7 Å². The maximum atomic E-state index is 12.5. The number of nitro groups is 1. The highest BCUT2D eigenvalue weighted by atomic mass is 127. The van der Waals surface area contributed by atoms with Crippen LogP contribution < -0.4 is 10.1 Å². The van der Waals surface area contributed by atoms with Crippen LogP contribution in [-0.2, 0) is 4.79 Å². The zero-order valence-corrected chi connectivity index (χ0v) is 19.3. The summed E-state index contributed by atoms with van der Waals surface area (Å²) in [5, 5.41) is 22.9. The molecule has 2 rings (SSSR count). The summed E-state index contributed by atoms with van der Waals surface area (Å²) < 4.78 is 7.34. The van der Waals surface area contributed by atoms with E-state index in [1.165, 1.54) is 24.3 Å². The van der Waals surface area contributed by atoms with Crippen LogP contribution in [0.1, 0.15) is 18.1 Å². The molecule has 0 spiro atoms. The van der Waals surface area contributed by atoms with Gasteiger partial charge in [-0.1, -0.05) is 0 Å². The van der Waals surface area contributed by atoms with Crippen molar-refractivity contribution in [1.29, 1.82) is 5.26 Å². The lowest BCUT2D eigenvalue weighted by Gasteiger charge is -2.10. The van der Waals surface area contributed by atoms with Gasteiger partial charge in [-0.2, -0.15) is 5.26 Å². The van der Waals surface area contributed by atoms with E-state index in [4.69, 9.17) is 4.74 Å². The van der Waals surface area contributed by atoms with Crippen molar-refractivity contribution >= 4 is 68.5 Å². The summed E-state index contributed by atoms with van der Waals surface area (Å²) in [5.41, 5.74) is 1.50. The molecule has 2 aromatic rings. The molecule has 0 aliphatic carbocycles. The third kappa shape index (κ3) is 5.41. The van der Waals surface area contributed by atoms with Gasteiger partial charge in [0.15, 0.2) is 0 Å². The van der Waals surface area contributed by atoms with Crippen LogP contribution in [-0.4, -0.2) is 17.4 Å². The quantitative estimate of drug-likeness (QED) is 0.164. The smallest absolute Gasteiger partial charge is 0.269 e. The number of hydrogen-bond donors (Lipinski definition) is 1. The van der Waals surface area contributed by atoms with Gasteiger partial charge < -0.3 is 10.1 Å². The van der Waals surface area contributed by atoms with Crippen LogP contribution in [0.15, 0.2) is 35.9 Å². The molecule has 0 aromatic heterocycles.